The topological polar surface area (TPSA) is 32.3 Å². The molecule has 4 heteroatoms. The normalized spacial score (nSPS) is 28.9. The van der Waals surface area contributed by atoms with Crippen molar-refractivity contribution in [2.45, 2.75) is 71.6 Å². The summed E-state index contributed by atoms with van der Waals surface area (Å²) in [4.78, 5) is 15.0. The fourth-order valence-corrected chi connectivity index (χ4v) is 4.47. The van der Waals surface area contributed by atoms with Crippen LogP contribution in [0.15, 0.2) is 0 Å². The van der Waals surface area contributed by atoms with Crippen LogP contribution in [0.4, 0.5) is 0 Å². The summed E-state index contributed by atoms with van der Waals surface area (Å²) in [5, 5.41) is 3.62. The fraction of sp³-hybridized carbons (Fsp3) is 0.938. The SMILES string of the molecule is CC(C)CC1NC(CC(C)C)N(C2CCSCC2)C1=O. The molecule has 0 aromatic rings. The summed E-state index contributed by atoms with van der Waals surface area (Å²) in [7, 11) is 0. The van der Waals surface area contributed by atoms with E-state index in [1.165, 1.54) is 24.3 Å². The molecule has 2 fully saturated rings. The second-order valence-electron chi connectivity index (χ2n) is 7.08. The third kappa shape index (κ3) is 3.91. The minimum absolute atomic E-state index is 0.0494. The van der Waals surface area contributed by atoms with Gasteiger partial charge in [-0.25, -0.2) is 0 Å². The molecule has 2 heterocycles. The zero-order chi connectivity index (χ0) is 14.7. The number of amides is 1. The van der Waals surface area contributed by atoms with Crippen LogP contribution in [-0.2, 0) is 4.79 Å². The predicted octanol–water partition coefficient (Wildman–Crippen LogP) is 3.10. The van der Waals surface area contributed by atoms with Crippen LogP contribution in [-0.4, -0.2) is 40.6 Å². The quantitative estimate of drug-likeness (QED) is 0.846. The average molecular weight is 298 g/mol. The molecule has 3 nitrogen and oxygen atoms in total. The first-order valence-corrected chi connectivity index (χ1v) is 9.30. The Labute approximate surface area is 128 Å². The van der Waals surface area contributed by atoms with E-state index in [1.54, 1.807) is 0 Å². The molecule has 0 spiro atoms. The Hall–Kier alpha value is -0.220. The third-order valence-corrected chi connectivity index (χ3v) is 5.32. The Morgan fingerprint density at radius 1 is 1.15 bits per heavy atom. The highest BCUT2D eigenvalue weighted by Crippen LogP contribution is 2.29. The molecule has 0 radical (unpaired) electrons. The van der Waals surface area contributed by atoms with Gasteiger partial charge in [-0.2, -0.15) is 11.8 Å². The molecule has 116 valence electrons. The van der Waals surface area contributed by atoms with Gasteiger partial charge in [0.1, 0.15) is 0 Å². The lowest BCUT2D eigenvalue weighted by Gasteiger charge is -2.35. The lowest BCUT2D eigenvalue weighted by molar-refractivity contribution is -0.132. The van der Waals surface area contributed by atoms with Gasteiger partial charge in [0.2, 0.25) is 5.91 Å². The van der Waals surface area contributed by atoms with Crippen molar-refractivity contribution in [1.82, 2.24) is 10.2 Å². The summed E-state index contributed by atoms with van der Waals surface area (Å²) in [6.45, 7) is 8.90. The van der Waals surface area contributed by atoms with Gasteiger partial charge in [0.15, 0.2) is 0 Å². The highest BCUT2D eigenvalue weighted by atomic mass is 32.2. The maximum Gasteiger partial charge on any atom is 0.241 e. The zero-order valence-corrected chi connectivity index (χ0v) is 14.2. The lowest BCUT2D eigenvalue weighted by atomic mass is 10.0. The molecule has 0 bridgehead atoms. The molecule has 20 heavy (non-hydrogen) atoms. The molecule has 1 amide bonds. The second-order valence-corrected chi connectivity index (χ2v) is 8.31. The standard InChI is InChI=1S/C16H30N2OS/c1-11(2)9-14-16(19)18(13-5-7-20-8-6-13)15(17-14)10-12(3)4/h11-15,17H,5-10H2,1-4H3. The molecule has 2 aliphatic heterocycles. The van der Waals surface area contributed by atoms with E-state index in [0.717, 1.165) is 12.8 Å². The fourth-order valence-electron chi connectivity index (χ4n) is 3.38. The zero-order valence-electron chi connectivity index (χ0n) is 13.4. The molecule has 2 saturated heterocycles. The van der Waals surface area contributed by atoms with Crippen molar-refractivity contribution in [2.24, 2.45) is 11.8 Å². The van der Waals surface area contributed by atoms with Gasteiger partial charge in [0.05, 0.1) is 12.2 Å². The summed E-state index contributed by atoms with van der Waals surface area (Å²) >= 11 is 2.03. The minimum atomic E-state index is 0.0494. The summed E-state index contributed by atoms with van der Waals surface area (Å²) in [6, 6.07) is 0.519. The molecule has 2 unspecified atom stereocenters. The Balaban J connectivity index is 2.08. The number of nitrogens with one attached hydrogen (secondary N) is 1. The molecular formula is C16H30N2OS. The molecule has 0 saturated carbocycles. The van der Waals surface area contributed by atoms with E-state index in [4.69, 9.17) is 0 Å². The molecule has 2 atom stereocenters. The van der Waals surface area contributed by atoms with Gasteiger partial charge < -0.3 is 4.90 Å². The molecule has 0 aliphatic carbocycles. The Bertz CT molecular complexity index is 326. The van der Waals surface area contributed by atoms with Crippen molar-refractivity contribution in [3.8, 4) is 0 Å². The van der Waals surface area contributed by atoms with Crippen LogP contribution in [0.3, 0.4) is 0 Å². The van der Waals surface area contributed by atoms with Crippen LogP contribution in [0.25, 0.3) is 0 Å². The van der Waals surface area contributed by atoms with Crippen molar-refractivity contribution in [3.63, 3.8) is 0 Å². The van der Waals surface area contributed by atoms with E-state index in [1.807, 2.05) is 11.8 Å². The first-order valence-electron chi connectivity index (χ1n) is 8.15. The lowest BCUT2D eigenvalue weighted by Crippen LogP contribution is -2.46. The van der Waals surface area contributed by atoms with E-state index in [2.05, 4.69) is 37.9 Å². The maximum absolute atomic E-state index is 12.8. The van der Waals surface area contributed by atoms with Gasteiger partial charge in [0, 0.05) is 6.04 Å². The van der Waals surface area contributed by atoms with E-state index in [0.29, 0.717) is 23.8 Å². The summed E-state index contributed by atoms with van der Waals surface area (Å²) in [5.74, 6) is 3.97. The van der Waals surface area contributed by atoms with Gasteiger partial charge in [-0.3, -0.25) is 10.1 Å². The molecule has 0 aromatic carbocycles. The summed E-state index contributed by atoms with van der Waals surface area (Å²) in [6.07, 6.45) is 4.64. The van der Waals surface area contributed by atoms with Crippen LogP contribution in [0.1, 0.15) is 53.4 Å². The van der Waals surface area contributed by atoms with Gasteiger partial charge in [-0.05, 0) is 49.0 Å². The number of thioether (sulfide) groups is 1. The van der Waals surface area contributed by atoms with Gasteiger partial charge in [-0.1, -0.05) is 27.7 Å². The van der Waals surface area contributed by atoms with Crippen LogP contribution in [0, 0.1) is 11.8 Å². The number of carbonyl (C=O) groups excluding carboxylic acids is 1. The van der Waals surface area contributed by atoms with Gasteiger partial charge in [-0.15, -0.1) is 0 Å². The highest BCUT2D eigenvalue weighted by Gasteiger charge is 2.42. The van der Waals surface area contributed by atoms with E-state index in [9.17, 15) is 4.79 Å². The van der Waals surface area contributed by atoms with E-state index >= 15 is 0 Å². The Morgan fingerprint density at radius 3 is 2.30 bits per heavy atom. The molecule has 2 rings (SSSR count). The number of nitrogens with zero attached hydrogens (tertiary/aromatic N) is 1. The predicted molar refractivity (Wildman–Crippen MR) is 86.8 cm³/mol. The van der Waals surface area contributed by atoms with Crippen molar-refractivity contribution in [3.05, 3.63) is 0 Å². The van der Waals surface area contributed by atoms with Crippen molar-refractivity contribution >= 4 is 17.7 Å². The van der Waals surface area contributed by atoms with Crippen LogP contribution >= 0.6 is 11.8 Å². The molecule has 1 N–H and O–H groups in total. The van der Waals surface area contributed by atoms with Gasteiger partial charge >= 0.3 is 0 Å². The summed E-state index contributed by atoms with van der Waals surface area (Å²) in [5.41, 5.74) is 0. The van der Waals surface area contributed by atoms with Crippen LogP contribution < -0.4 is 5.32 Å². The van der Waals surface area contributed by atoms with Crippen molar-refractivity contribution < 1.29 is 4.79 Å². The summed E-state index contributed by atoms with van der Waals surface area (Å²) < 4.78 is 0. The number of hydrogen-bond donors (Lipinski definition) is 1. The first-order chi connectivity index (χ1) is 9.49. The van der Waals surface area contributed by atoms with Crippen molar-refractivity contribution in [2.75, 3.05) is 11.5 Å². The number of carbonyl (C=O) groups is 1. The first kappa shape index (κ1) is 16.2. The van der Waals surface area contributed by atoms with Crippen LogP contribution in [0.2, 0.25) is 0 Å². The monoisotopic (exact) mass is 298 g/mol. The number of hydrogen-bond acceptors (Lipinski definition) is 3. The second kappa shape index (κ2) is 7.17. The maximum atomic E-state index is 12.8. The highest BCUT2D eigenvalue weighted by molar-refractivity contribution is 7.99. The van der Waals surface area contributed by atoms with Gasteiger partial charge in [0.25, 0.3) is 0 Å². The minimum Gasteiger partial charge on any atom is -0.323 e. The molecule has 0 aromatic heterocycles. The van der Waals surface area contributed by atoms with Crippen LogP contribution in [0.5, 0.6) is 0 Å². The third-order valence-electron chi connectivity index (χ3n) is 4.27. The molecule has 2 aliphatic rings. The largest absolute Gasteiger partial charge is 0.323 e. The van der Waals surface area contributed by atoms with E-state index < -0.39 is 0 Å². The Kier molecular flexibility index (Phi) is 5.79. The van der Waals surface area contributed by atoms with Crippen molar-refractivity contribution in [1.29, 1.82) is 0 Å². The smallest absolute Gasteiger partial charge is 0.241 e. The Morgan fingerprint density at radius 2 is 1.75 bits per heavy atom. The average Bonchev–Trinajstić information content (AvgIpc) is 2.65. The molecular weight excluding hydrogens is 268 g/mol. The number of rotatable bonds is 5. The van der Waals surface area contributed by atoms with E-state index in [-0.39, 0.29) is 12.2 Å².